The number of aliphatic hydroxyl groups is 1. The molecule has 0 radical (unpaired) electrons. The van der Waals surface area contributed by atoms with E-state index >= 15 is 0 Å². The highest BCUT2D eigenvalue weighted by Crippen LogP contribution is 2.16. The number of hydrogen-bond donors (Lipinski definition) is 2. The molecule has 1 rings (SSSR count). The fourth-order valence-electron chi connectivity index (χ4n) is 1.14. The van der Waals surface area contributed by atoms with E-state index in [-0.39, 0.29) is 24.7 Å². The summed E-state index contributed by atoms with van der Waals surface area (Å²) in [5, 5.41) is 27.7. The highest BCUT2D eigenvalue weighted by molar-refractivity contribution is 5.86. The number of rotatable bonds is 4. The molecule has 7 heteroatoms. The van der Waals surface area contributed by atoms with E-state index in [2.05, 4.69) is 0 Å². The third-order valence-electron chi connectivity index (χ3n) is 1.69. The van der Waals surface area contributed by atoms with Gasteiger partial charge in [-0.2, -0.15) is 0 Å². The van der Waals surface area contributed by atoms with Crippen molar-refractivity contribution in [3.8, 4) is 0 Å². The fraction of sp³-hybridized carbons (Fsp3) is 0.286. The Morgan fingerprint density at radius 3 is 2.64 bits per heavy atom. The van der Waals surface area contributed by atoms with Crippen LogP contribution in [0.25, 0.3) is 0 Å². The molecule has 0 bridgehead atoms. The predicted octanol–water partition coefficient (Wildman–Crippen LogP) is 0.0868. The summed E-state index contributed by atoms with van der Waals surface area (Å²) < 4.78 is 0.947. The van der Waals surface area contributed by atoms with Gasteiger partial charge in [-0.05, 0) is 4.92 Å². The number of hydrogen-bond acceptors (Lipinski definition) is 4. The number of carbonyl (C=O) groups is 1. The minimum Gasteiger partial charge on any atom is -0.475 e. The summed E-state index contributed by atoms with van der Waals surface area (Å²) in [4.78, 5) is 20.4. The van der Waals surface area contributed by atoms with Crippen molar-refractivity contribution < 1.29 is 19.9 Å². The first-order valence-corrected chi connectivity index (χ1v) is 3.76. The van der Waals surface area contributed by atoms with Gasteiger partial charge >= 0.3 is 11.8 Å². The minimum atomic E-state index is -1.26. The van der Waals surface area contributed by atoms with Crippen LogP contribution < -0.4 is 0 Å². The average molecular weight is 200 g/mol. The number of nitrogens with zero attached hydrogens (tertiary/aromatic N) is 2. The lowest BCUT2D eigenvalue weighted by molar-refractivity contribution is -0.392. The quantitative estimate of drug-likeness (QED) is 0.529. The van der Waals surface area contributed by atoms with Crippen molar-refractivity contribution in [2.24, 2.45) is 0 Å². The Morgan fingerprint density at radius 1 is 1.57 bits per heavy atom. The summed E-state index contributed by atoms with van der Waals surface area (Å²) in [6.07, 6.45) is 0. The number of aliphatic hydroxyl groups excluding tert-OH is 1. The van der Waals surface area contributed by atoms with Crippen molar-refractivity contribution >= 4 is 11.8 Å². The van der Waals surface area contributed by atoms with E-state index in [1.807, 2.05) is 0 Å². The lowest BCUT2D eigenvalue weighted by Crippen LogP contribution is -2.12. The maximum absolute atomic E-state index is 10.6. The molecule has 0 saturated carbocycles. The van der Waals surface area contributed by atoms with Crippen LogP contribution in [0.1, 0.15) is 10.5 Å². The van der Waals surface area contributed by atoms with Crippen LogP contribution in [-0.2, 0) is 6.54 Å². The second kappa shape index (κ2) is 3.88. The average Bonchev–Trinajstić information content (AvgIpc) is 2.48. The van der Waals surface area contributed by atoms with E-state index < -0.39 is 10.9 Å². The molecule has 0 fully saturated rings. The molecule has 1 aromatic rings. The van der Waals surface area contributed by atoms with E-state index in [0.29, 0.717) is 0 Å². The number of aromatic carboxylic acids is 1. The molecule has 0 aliphatic carbocycles. The first kappa shape index (κ1) is 10.2. The van der Waals surface area contributed by atoms with Gasteiger partial charge in [0.1, 0.15) is 6.54 Å². The Labute approximate surface area is 78.3 Å². The Bertz CT molecular complexity index is 339. The van der Waals surface area contributed by atoms with Gasteiger partial charge in [0.15, 0.2) is 0 Å². The number of carboxylic acids is 1. The molecule has 2 N–H and O–H groups in total. The van der Waals surface area contributed by atoms with Gasteiger partial charge in [0.25, 0.3) is 0 Å². The summed E-state index contributed by atoms with van der Waals surface area (Å²) in [5.41, 5.74) is -0.203. The normalized spacial score (nSPS) is 10.1. The van der Waals surface area contributed by atoms with Crippen LogP contribution in [0.2, 0.25) is 0 Å². The zero-order chi connectivity index (χ0) is 10.7. The standard InChI is InChI=1S/C7H8N2O5/c10-4-3-8-5(7(11)12)1-2-6(8)9(13)14/h1-2,10H,3-4H2,(H,11,12). The molecule has 1 aromatic heterocycles. The topological polar surface area (TPSA) is 106 Å². The molecule has 0 saturated heterocycles. The van der Waals surface area contributed by atoms with Gasteiger partial charge < -0.3 is 20.3 Å². The SMILES string of the molecule is O=C(O)c1ccc([N+](=O)[O-])n1CCO. The monoisotopic (exact) mass is 200 g/mol. The second-order valence-electron chi connectivity index (χ2n) is 2.51. The molecule has 0 spiro atoms. The van der Waals surface area contributed by atoms with Crippen molar-refractivity contribution in [2.75, 3.05) is 6.61 Å². The van der Waals surface area contributed by atoms with Gasteiger partial charge in [-0.3, -0.25) is 0 Å². The van der Waals surface area contributed by atoms with E-state index in [1.165, 1.54) is 0 Å². The Balaban J connectivity index is 3.19. The molecule has 76 valence electrons. The van der Waals surface area contributed by atoms with E-state index in [0.717, 1.165) is 16.7 Å². The van der Waals surface area contributed by atoms with Gasteiger partial charge in [-0.25, -0.2) is 9.36 Å². The van der Waals surface area contributed by atoms with Crippen LogP contribution in [0.3, 0.4) is 0 Å². The van der Waals surface area contributed by atoms with Crippen molar-refractivity contribution in [2.45, 2.75) is 6.54 Å². The van der Waals surface area contributed by atoms with Crippen molar-refractivity contribution in [1.82, 2.24) is 4.57 Å². The lowest BCUT2D eigenvalue weighted by Gasteiger charge is -2.00. The zero-order valence-corrected chi connectivity index (χ0v) is 7.08. The Kier molecular flexibility index (Phi) is 2.82. The second-order valence-corrected chi connectivity index (χ2v) is 2.51. The number of aromatic nitrogens is 1. The third-order valence-corrected chi connectivity index (χ3v) is 1.69. The summed E-state index contributed by atoms with van der Waals surface area (Å²) in [6, 6.07) is 2.23. The molecule has 7 nitrogen and oxygen atoms in total. The molecule has 0 atom stereocenters. The van der Waals surface area contributed by atoms with E-state index in [9.17, 15) is 14.9 Å². The molecule has 0 aromatic carbocycles. The fourth-order valence-corrected chi connectivity index (χ4v) is 1.14. The molecule has 14 heavy (non-hydrogen) atoms. The van der Waals surface area contributed by atoms with Crippen molar-refractivity contribution in [3.63, 3.8) is 0 Å². The molecule has 0 amide bonds. The lowest BCUT2D eigenvalue weighted by atomic mass is 10.4. The highest BCUT2D eigenvalue weighted by atomic mass is 16.6. The van der Waals surface area contributed by atoms with Gasteiger partial charge in [0.2, 0.25) is 5.69 Å². The van der Waals surface area contributed by atoms with E-state index in [1.54, 1.807) is 0 Å². The van der Waals surface area contributed by atoms with Crippen LogP contribution in [0.5, 0.6) is 0 Å². The maximum atomic E-state index is 10.6. The summed E-state index contributed by atoms with van der Waals surface area (Å²) in [5.74, 6) is -1.59. The van der Waals surface area contributed by atoms with Gasteiger partial charge in [0, 0.05) is 12.1 Å². The van der Waals surface area contributed by atoms with Crippen LogP contribution >= 0.6 is 0 Å². The van der Waals surface area contributed by atoms with Crippen LogP contribution in [-0.4, -0.2) is 32.3 Å². The molecular formula is C7H8N2O5. The smallest absolute Gasteiger partial charge is 0.376 e. The Hall–Kier alpha value is -1.89. The van der Waals surface area contributed by atoms with Crippen LogP contribution in [0.15, 0.2) is 12.1 Å². The molecule has 0 unspecified atom stereocenters. The van der Waals surface area contributed by atoms with Crippen LogP contribution in [0, 0.1) is 10.1 Å². The van der Waals surface area contributed by atoms with Crippen molar-refractivity contribution in [1.29, 1.82) is 0 Å². The largest absolute Gasteiger partial charge is 0.475 e. The number of nitro groups is 1. The first-order valence-electron chi connectivity index (χ1n) is 3.76. The summed E-state index contributed by atoms with van der Waals surface area (Å²) >= 11 is 0. The predicted molar refractivity (Wildman–Crippen MR) is 45.1 cm³/mol. The zero-order valence-electron chi connectivity index (χ0n) is 7.08. The third kappa shape index (κ3) is 1.72. The van der Waals surface area contributed by atoms with Gasteiger partial charge in [0.05, 0.1) is 6.61 Å². The number of carboxylic acid groups (broad SMARTS) is 1. The minimum absolute atomic E-state index is 0.106. The molecule has 1 heterocycles. The van der Waals surface area contributed by atoms with Crippen LogP contribution in [0.4, 0.5) is 5.82 Å². The van der Waals surface area contributed by atoms with Crippen molar-refractivity contribution in [3.05, 3.63) is 27.9 Å². The molecule has 0 aliphatic rings. The van der Waals surface area contributed by atoms with Gasteiger partial charge in [-0.15, -0.1) is 0 Å². The summed E-state index contributed by atoms with van der Waals surface area (Å²) in [7, 11) is 0. The Morgan fingerprint density at radius 2 is 2.21 bits per heavy atom. The van der Waals surface area contributed by atoms with Gasteiger partial charge in [-0.1, -0.05) is 0 Å². The highest BCUT2D eigenvalue weighted by Gasteiger charge is 2.22. The summed E-state index contributed by atoms with van der Waals surface area (Å²) in [6.45, 7) is -0.458. The van der Waals surface area contributed by atoms with E-state index in [4.69, 9.17) is 10.2 Å². The molecular weight excluding hydrogens is 192 g/mol. The first-order chi connectivity index (χ1) is 6.57. The molecule has 0 aliphatic heterocycles. The maximum Gasteiger partial charge on any atom is 0.376 e.